The van der Waals surface area contributed by atoms with Gasteiger partial charge in [-0.25, -0.2) is 0 Å². The molecule has 1 atom stereocenters. The van der Waals surface area contributed by atoms with Gasteiger partial charge in [-0.05, 0) is 43.6 Å². The predicted octanol–water partition coefficient (Wildman–Crippen LogP) is 4.08. The van der Waals surface area contributed by atoms with Gasteiger partial charge in [0, 0.05) is 6.20 Å². The second-order valence-corrected chi connectivity index (χ2v) is 5.88. The van der Waals surface area contributed by atoms with Crippen LogP contribution in [0.4, 0.5) is 0 Å². The minimum Gasteiger partial charge on any atom is -0.490 e. The van der Waals surface area contributed by atoms with Crippen molar-refractivity contribution in [1.29, 1.82) is 0 Å². The van der Waals surface area contributed by atoms with Crippen molar-refractivity contribution >= 4 is 0 Å². The van der Waals surface area contributed by atoms with Gasteiger partial charge < -0.3 is 4.74 Å². The highest BCUT2D eigenvalue weighted by molar-refractivity contribution is 5.21. The fraction of sp³-hybridized carbons (Fsp3) is 0.421. The van der Waals surface area contributed by atoms with Crippen LogP contribution in [0.25, 0.3) is 0 Å². The zero-order valence-corrected chi connectivity index (χ0v) is 13.0. The molecule has 1 saturated heterocycles. The van der Waals surface area contributed by atoms with E-state index in [1.807, 2.05) is 12.1 Å². The number of ether oxygens (including phenoxy) is 1. The molecule has 0 bridgehead atoms. The number of nitrogens with zero attached hydrogens (tertiary/aromatic N) is 2. The van der Waals surface area contributed by atoms with Crippen molar-refractivity contribution in [2.24, 2.45) is 0 Å². The minimum absolute atomic E-state index is 0.319. The Kier molecular flexibility index (Phi) is 5.43. The Hall–Kier alpha value is -1.87. The first-order valence-electron chi connectivity index (χ1n) is 8.25. The van der Waals surface area contributed by atoms with Crippen molar-refractivity contribution in [3.8, 4) is 5.75 Å². The van der Waals surface area contributed by atoms with Crippen LogP contribution in [0.5, 0.6) is 5.75 Å². The maximum Gasteiger partial charge on any atom is 0.137 e. The zero-order chi connectivity index (χ0) is 15.0. The fourth-order valence-corrected chi connectivity index (χ4v) is 3.10. The number of hydrogen-bond acceptors (Lipinski definition) is 3. The third-order valence-corrected chi connectivity index (χ3v) is 4.31. The number of rotatable bonds is 5. The molecule has 0 N–H and O–H groups in total. The van der Waals surface area contributed by atoms with E-state index < -0.39 is 0 Å². The lowest BCUT2D eigenvalue weighted by molar-refractivity contribution is 0.138. The standard InChI is InChI=1S/C19H24N2O/c1-2-7-14-21(13-6-1)19(17-9-4-3-5-10-17)16-22-18-11-8-12-20-15-18/h3-5,8-12,15,19H,1-2,6-7,13-14,16H2/t19-/m0/s1. The summed E-state index contributed by atoms with van der Waals surface area (Å²) in [5.41, 5.74) is 1.34. The van der Waals surface area contributed by atoms with Crippen LogP contribution in [0.3, 0.4) is 0 Å². The van der Waals surface area contributed by atoms with Crippen LogP contribution < -0.4 is 4.74 Å². The highest BCUT2D eigenvalue weighted by Crippen LogP contribution is 2.25. The Bertz CT molecular complexity index is 536. The molecular formula is C19H24N2O. The van der Waals surface area contributed by atoms with E-state index in [4.69, 9.17) is 4.74 Å². The molecule has 1 aromatic carbocycles. The maximum atomic E-state index is 6.01. The molecule has 3 nitrogen and oxygen atoms in total. The molecule has 0 aliphatic carbocycles. The van der Waals surface area contributed by atoms with Crippen LogP contribution in [0, 0.1) is 0 Å². The average molecular weight is 296 g/mol. The Balaban J connectivity index is 1.73. The summed E-state index contributed by atoms with van der Waals surface area (Å²) in [5, 5.41) is 0. The van der Waals surface area contributed by atoms with E-state index in [1.165, 1.54) is 31.2 Å². The van der Waals surface area contributed by atoms with Gasteiger partial charge in [-0.1, -0.05) is 43.2 Å². The van der Waals surface area contributed by atoms with Crippen molar-refractivity contribution < 1.29 is 4.74 Å². The number of pyridine rings is 1. The van der Waals surface area contributed by atoms with Crippen LogP contribution in [0.2, 0.25) is 0 Å². The molecular weight excluding hydrogens is 272 g/mol. The van der Waals surface area contributed by atoms with Crippen molar-refractivity contribution in [2.45, 2.75) is 31.7 Å². The second-order valence-electron chi connectivity index (χ2n) is 5.88. The zero-order valence-electron chi connectivity index (χ0n) is 13.0. The van der Waals surface area contributed by atoms with Gasteiger partial charge >= 0.3 is 0 Å². The van der Waals surface area contributed by atoms with Crippen LogP contribution >= 0.6 is 0 Å². The lowest BCUT2D eigenvalue weighted by Crippen LogP contribution is -2.33. The van der Waals surface area contributed by atoms with E-state index in [9.17, 15) is 0 Å². The molecule has 0 unspecified atom stereocenters. The molecule has 3 rings (SSSR count). The lowest BCUT2D eigenvalue weighted by Gasteiger charge is -2.31. The molecule has 0 saturated carbocycles. The van der Waals surface area contributed by atoms with Gasteiger partial charge in [0.25, 0.3) is 0 Å². The molecule has 1 aliphatic rings. The molecule has 2 aromatic rings. The molecule has 1 fully saturated rings. The third kappa shape index (κ3) is 4.08. The largest absolute Gasteiger partial charge is 0.490 e. The summed E-state index contributed by atoms with van der Waals surface area (Å²) in [6.07, 6.45) is 8.83. The quantitative estimate of drug-likeness (QED) is 0.831. The summed E-state index contributed by atoms with van der Waals surface area (Å²) in [6.45, 7) is 3.00. The Labute approximate surface area is 132 Å². The van der Waals surface area contributed by atoms with Crippen molar-refractivity contribution in [2.75, 3.05) is 19.7 Å². The number of aromatic nitrogens is 1. The highest BCUT2D eigenvalue weighted by atomic mass is 16.5. The van der Waals surface area contributed by atoms with Gasteiger partial charge in [0.05, 0.1) is 12.2 Å². The SMILES string of the molecule is c1ccc([C@H](COc2cccnc2)N2CCCCCC2)cc1. The Morgan fingerprint density at radius 2 is 1.73 bits per heavy atom. The highest BCUT2D eigenvalue weighted by Gasteiger charge is 2.22. The summed E-state index contributed by atoms with van der Waals surface area (Å²) in [4.78, 5) is 6.71. The molecule has 1 aromatic heterocycles. The van der Waals surface area contributed by atoms with E-state index in [0.717, 1.165) is 18.8 Å². The topological polar surface area (TPSA) is 25.4 Å². The summed E-state index contributed by atoms with van der Waals surface area (Å²) in [6, 6.07) is 14.9. The minimum atomic E-state index is 0.319. The first kappa shape index (κ1) is 15.0. The van der Waals surface area contributed by atoms with Gasteiger partial charge in [0.15, 0.2) is 0 Å². The van der Waals surface area contributed by atoms with Gasteiger partial charge in [-0.3, -0.25) is 9.88 Å². The molecule has 1 aliphatic heterocycles. The first-order valence-corrected chi connectivity index (χ1v) is 8.25. The molecule has 3 heteroatoms. The van der Waals surface area contributed by atoms with Crippen molar-refractivity contribution in [1.82, 2.24) is 9.88 Å². The van der Waals surface area contributed by atoms with E-state index in [-0.39, 0.29) is 0 Å². The van der Waals surface area contributed by atoms with E-state index in [2.05, 4.69) is 40.2 Å². The predicted molar refractivity (Wildman–Crippen MR) is 89.0 cm³/mol. The fourth-order valence-electron chi connectivity index (χ4n) is 3.10. The first-order chi connectivity index (χ1) is 10.9. The molecule has 0 spiro atoms. The number of benzene rings is 1. The monoisotopic (exact) mass is 296 g/mol. The summed E-state index contributed by atoms with van der Waals surface area (Å²) < 4.78 is 6.01. The van der Waals surface area contributed by atoms with Crippen molar-refractivity contribution in [3.63, 3.8) is 0 Å². The molecule has 0 radical (unpaired) electrons. The Morgan fingerprint density at radius 1 is 0.955 bits per heavy atom. The number of hydrogen-bond donors (Lipinski definition) is 0. The lowest BCUT2D eigenvalue weighted by atomic mass is 10.1. The van der Waals surface area contributed by atoms with E-state index in [1.54, 1.807) is 12.4 Å². The van der Waals surface area contributed by atoms with Gasteiger partial charge in [-0.2, -0.15) is 0 Å². The normalized spacial score (nSPS) is 17.6. The van der Waals surface area contributed by atoms with Gasteiger partial charge in [-0.15, -0.1) is 0 Å². The van der Waals surface area contributed by atoms with Gasteiger partial charge in [0.2, 0.25) is 0 Å². The molecule has 2 heterocycles. The third-order valence-electron chi connectivity index (χ3n) is 4.31. The van der Waals surface area contributed by atoms with E-state index >= 15 is 0 Å². The van der Waals surface area contributed by atoms with Crippen LogP contribution in [0.1, 0.15) is 37.3 Å². The summed E-state index contributed by atoms with van der Waals surface area (Å²) >= 11 is 0. The summed E-state index contributed by atoms with van der Waals surface area (Å²) in [7, 11) is 0. The van der Waals surface area contributed by atoms with Crippen LogP contribution in [-0.2, 0) is 0 Å². The Morgan fingerprint density at radius 3 is 2.41 bits per heavy atom. The smallest absolute Gasteiger partial charge is 0.137 e. The van der Waals surface area contributed by atoms with Gasteiger partial charge in [0.1, 0.15) is 12.4 Å². The van der Waals surface area contributed by atoms with Crippen LogP contribution in [0.15, 0.2) is 54.9 Å². The molecule has 116 valence electrons. The molecule has 0 amide bonds. The number of likely N-dealkylation sites (tertiary alicyclic amines) is 1. The molecule has 22 heavy (non-hydrogen) atoms. The summed E-state index contributed by atoms with van der Waals surface area (Å²) in [5.74, 6) is 0.846. The second kappa shape index (κ2) is 7.95. The maximum absolute atomic E-state index is 6.01. The van der Waals surface area contributed by atoms with Crippen LogP contribution in [-0.4, -0.2) is 29.6 Å². The average Bonchev–Trinajstić information content (AvgIpc) is 2.86. The van der Waals surface area contributed by atoms with E-state index in [0.29, 0.717) is 12.6 Å². The van der Waals surface area contributed by atoms with Crippen molar-refractivity contribution in [3.05, 3.63) is 60.4 Å².